The van der Waals surface area contributed by atoms with Gasteiger partial charge in [0, 0.05) is 0 Å². The Kier molecular flexibility index (Phi) is 8.86. The molecule has 3 rings (SSSR count). The zero-order chi connectivity index (χ0) is 20.3. The molecule has 1 aliphatic rings. The van der Waals surface area contributed by atoms with Gasteiger partial charge in [-0.3, -0.25) is 0 Å². The molecule has 1 heterocycles. The lowest BCUT2D eigenvalue weighted by Gasteiger charge is -2.24. The summed E-state index contributed by atoms with van der Waals surface area (Å²) in [6, 6.07) is 19.9. The summed E-state index contributed by atoms with van der Waals surface area (Å²) in [6.07, 6.45) is 1.66. The van der Waals surface area contributed by atoms with Crippen molar-refractivity contribution in [1.29, 1.82) is 0 Å². The molecule has 29 heavy (non-hydrogen) atoms. The molecule has 0 spiro atoms. The third kappa shape index (κ3) is 6.49. The van der Waals surface area contributed by atoms with Gasteiger partial charge in [-0.2, -0.15) is 0 Å². The first-order valence-corrected chi connectivity index (χ1v) is 10.1. The normalized spacial score (nSPS) is 23.9. The molecular formula is C24H30O5. The van der Waals surface area contributed by atoms with Crippen molar-refractivity contribution in [3.63, 3.8) is 0 Å². The van der Waals surface area contributed by atoms with Crippen LogP contribution in [0.5, 0.6) is 0 Å². The molecule has 0 saturated carbocycles. The molecule has 0 aliphatic carbocycles. The van der Waals surface area contributed by atoms with E-state index in [4.69, 9.17) is 18.9 Å². The number of benzene rings is 2. The van der Waals surface area contributed by atoms with Crippen LogP contribution >= 0.6 is 0 Å². The quantitative estimate of drug-likeness (QED) is 0.435. The molecule has 5 nitrogen and oxygen atoms in total. The van der Waals surface area contributed by atoms with Gasteiger partial charge in [0.1, 0.15) is 18.3 Å². The first-order valence-electron chi connectivity index (χ1n) is 10.1. The SMILES string of the molecule is C=CCCCO[C@@H]1O[C@H](CO)[C@@H](OCc2ccccc2)[C@H]1OCc1ccccc1. The van der Waals surface area contributed by atoms with Crippen LogP contribution in [-0.2, 0) is 32.2 Å². The number of hydrogen-bond acceptors (Lipinski definition) is 5. The molecule has 156 valence electrons. The molecule has 2 aromatic rings. The summed E-state index contributed by atoms with van der Waals surface area (Å²) in [4.78, 5) is 0. The Bertz CT molecular complexity index is 706. The number of rotatable bonds is 12. The largest absolute Gasteiger partial charge is 0.394 e. The van der Waals surface area contributed by atoms with E-state index >= 15 is 0 Å². The highest BCUT2D eigenvalue weighted by molar-refractivity contribution is 5.14. The van der Waals surface area contributed by atoms with E-state index in [1.807, 2.05) is 66.7 Å². The van der Waals surface area contributed by atoms with Gasteiger partial charge in [0.2, 0.25) is 0 Å². The third-order valence-electron chi connectivity index (χ3n) is 4.85. The van der Waals surface area contributed by atoms with Gasteiger partial charge in [0.05, 0.1) is 26.4 Å². The first kappa shape index (κ1) is 21.7. The van der Waals surface area contributed by atoms with Crippen molar-refractivity contribution in [2.75, 3.05) is 13.2 Å². The summed E-state index contributed by atoms with van der Waals surface area (Å²) in [5.41, 5.74) is 2.12. The number of hydrogen-bond donors (Lipinski definition) is 1. The molecule has 4 atom stereocenters. The van der Waals surface area contributed by atoms with E-state index in [2.05, 4.69) is 6.58 Å². The second-order valence-electron chi connectivity index (χ2n) is 7.05. The number of aliphatic hydroxyl groups excluding tert-OH is 1. The van der Waals surface area contributed by atoms with Gasteiger partial charge in [-0.25, -0.2) is 0 Å². The van der Waals surface area contributed by atoms with Crippen molar-refractivity contribution in [1.82, 2.24) is 0 Å². The second-order valence-corrected chi connectivity index (χ2v) is 7.05. The highest BCUT2D eigenvalue weighted by Crippen LogP contribution is 2.29. The van der Waals surface area contributed by atoms with Crippen LogP contribution in [0.3, 0.4) is 0 Å². The van der Waals surface area contributed by atoms with Crippen molar-refractivity contribution in [3.8, 4) is 0 Å². The molecule has 0 radical (unpaired) electrons. The van der Waals surface area contributed by atoms with Gasteiger partial charge < -0.3 is 24.1 Å². The van der Waals surface area contributed by atoms with Crippen LogP contribution in [0.1, 0.15) is 24.0 Å². The third-order valence-corrected chi connectivity index (χ3v) is 4.85. The maximum Gasteiger partial charge on any atom is 0.186 e. The topological polar surface area (TPSA) is 57.2 Å². The lowest BCUT2D eigenvalue weighted by atomic mass is 10.1. The van der Waals surface area contributed by atoms with Crippen molar-refractivity contribution in [2.45, 2.75) is 50.7 Å². The fourth-order valence-electron chi connectivity index (χ4n) is 3.31. The smallest absolute Gasteiger partial charge is 0.186 e. The minimum Gasteiger partial charge on any atom is -0.394 e. The Morgan fingerprint density at radius 1 is 0.862 bits per heavy atom. The Morgan fingerprint density at radius 3 is 2.00 bits per heavy atom. The minimum absolute atomic E-state index is 0.156. The molecular weight excluding hydrogens is 368 g/mol. The number of aliphatic hydroxyl groups is 1. The van der Waals surface area contributed by atoms with Crippen LogP contribution in [0.15, 0.2) is 73.3 Å². The van der Waals surface area contributed by atoms with E-state index in [1.54, 1.807) is 0 Å². The van der Waals surface area contributed by atoms with Crippen LogP contribution in [0.2, 0.25) is 0 Å². The lowest BCUT2D eigenvalue weighted by Crippen LogP contribution is -2.39. The molecule has 0 amide bonds. The van der Waals surface area contributed by atoms with Crippen LogP contribution < -0.4 is 0 Å². The first-order chi connectivity index (χ1) is 14.3. The summed E-state index contributed by atoms with van der Waals surface area (Å²) in [5.74, 6) is 0. The highest BCUT2D eigenvalue weighted by atomic mass is 16.7. The fraction of sp³-hybridized carbons (Fsp3) is 0.417. The molecule has 0 unspecified atom stereocenters. The minimum atomic E-state index is -0.582. The van der Waals surface area contributed by atoms with Gasteiger partial charge in [-0.05, 0) is 24.0 Å². The highest BCUT2D eigenvalue weighted by Gasteiger charge is 2.46. The van der Waals surface area contributed by atoms with Gasteiger partial charge in [-0.1, -0.05) is 66.7 Å². The Hall–Kier alpha value is -2.02. The van der Waals surface area contributed by atoms with Gasteiger partial charge >= 0.3 is 0 Å². The van der Waals surface area contributed by atoms with E-state index < -0.39 is 24.6 Å². The predicted octanol–water partition coefficient (Wildman–Crippen LogP) is 3.86. The number of unbranched alkanes of at least 4 members (excludes halogenated alkanes) is 1. The molecule has 1 fully saturated rings. The standard InChI is InChI=1S/C24H30O5/c1-2-3-10-15-26-24-23(28-18-20-13-8-5-9-14-20)22(21(16-25)29-24)27-17-19-11-6-4-7-12-19/h2,4-9,11-14,21-25H,1,3,10,15-18H2/t21-,22-,23-,24-/m1/s1. The van der Waals surface area contributed by atoms with Crippen LogP contribution in [0.4, 0.5) is 0 Å². The van der Waals surface area contributed by atoms with Crippen LogP contribution in [0, 0.1) is 0 Å². The molecule has 0 aromatic heterocycles. The average molecular weight is 398 g/mol. The van der Waals surface area contributed by atoms with Gasteiger partial charge in [0.15, 0.2) is 6.29 Å². The zero-order valence-corrected chi connectivity index (χ0v) is 16.7. The molecule has 0 bridgehead atoms. The Morgan fingerprint density at radius 2 is 1.45 bits per heavy atom. The molecule has 1 aliphatic heterocycles. The molecule has 2 aromatic carbocycles. The molecule has 5 heteroatoms. The monoisotopic (exact) mass is 398 g/mol. The maximum absolute atomic E-state index is 9.83. The van der Waals surface area contributed by atoms with Crippen molar-refractivity contribution in [2.24, 2.45) is 0 Å². The number of ether oxygens (including phenoxy) is 4. The van der Waals surface area contributed by atoms with Crippen molar-refractivity contribution < 1.29 is 24.1 Å². The summed E-state index contributed by atoms with van der Waals surface area (Å²) in [7, 11) is 0. The summed E-state index contributed by atoms with van der Waals surface area (Å²) in [5, 5.41) is 9.83. The Labute approximate surface area is 172 Å². The summed E-state index contributed by atoms with van der Waals surface area (Å²) >= 11 is 0. The van der Waals surface area contributed by atoms with Crippen molar-refractivity contribution in [3.05, 3.63) is 84.4 Å². The fourth-order valence-corrected chi connectivity index (χ4v) is 3.31. The van der Waals surface area contributed by atoms with E-state index in [0.717, 1.165) is 24.0 Å². The lowest BCUT2D eigenvalue weighted by molar-refractivity contribution is -0.183. The molecule has 1 N–H and O–H groups in total. The average Bonchev–Trinajstić information content (AvgIpc) is 3.11. The molecule has 1 saturated heterocycles. The van der Waals surface area contributed by atoms with E-state index in [0.29, 0.717) is 19.8 Å². The summed E-state index contributed by atoms with van der Waals surface area (Å²) in [6.45, 7) is 4.95. The summed E-state index contributed by atoms with van der Waals surface area (Å²) < 4.78 is 24.2. The van der Waals surface area contributed by atoms with E-state index in [9.17, 15) is 5.11 Å². The van der Waals surface area contributed by atoms with Crippen molar-refractivity contribution >= 4 is 0 Å². The van der Waals surface area contributed by atoms with Gasteiger partial charge in [0.25, 0.3) is 0 Å². The van der Waals surface area contributed by atoms with E-state index in [-0.39, 0.29) is 6.61 Å². The van der Waals surface area contributed by atoms with Crippen LogP contribution in [0.25, 0.3) is 0 Å². The van der Waals surface area contributed by atoms with Crippen LogP contribution in [-0.4, -0.2) is 42.9 Å². The predicted molar refractivity (Wildman–Crippen MR) is 111 cm³/mol. The zero-order valence-electron chi connectivity index (χ0n) is 16.7. The Balaban J connectivity index is 1.66. The maximum atomic E-state index is 9.83. The van der Waals surface area contributed by atoms with Gasteiger partial charge in [-0.15, -0.1) is 6.58 Å². The number of allylic oxidation sites excluding steroid dienone is 1. The van der Waals surface area contributed by atoms with E-state index in [1.165, 1.54) is 0 Å². The second kappa shape index (κ2) is 11.9.